The van der Waals surface area contributed by atoms with Crippen LogP contribution in [0.25, 0.3) is 10.9 Å². The van der Waals surface area contributed by atoms with Gasteiger partial charge in [0, 0.05) is 24.9 Å². The Kier molecular flexibility index (Phi) is 7.78. The van der Waals surface area contributed by atoms with Crippen LogP contribution < -0.4 is 24.8 Å². The second-order valence-electron chi connectivity index (χ2n) is 7.34. The summed E-state index contributed by atoms with van der Waals surface area (Å²) < 4.78 is 19.0. The number of carbonyl (C=O) groups excluding carboxylic acids is 1. The van der Waals surface area contributed by atoms with Crippen LogP contribution in [-0.2, 0) is 6.54 Å². The minimum atomic E-state index is -0.323. The van der Waals surface area contributed by atoms with Crippen LogP contribution >= 0.6 is 11.6 Å². The van der Waals surface area contributed by atoms with Crippen molar-refractivity contribution in [3.63, 3.8) is 0 Å². The highest BCUT2D eigenvalue weighted by molar-refractivity contribution is 6.33. The molecule has 182 valence electrons. The SMILES string of the molecule is CCCNC(=O)Nc1ccc(Oc2ncnc3cc(OCCn4ccnn4)c(OC)cc23)cc1Cl. The van der Waals surface area contributed by atoms with Crippen molar-refractivity contribution in [1.82, 2.24) is 30.3 Å². The molecule has 0 aliphatic heterocycles. The predicted octanol–water partition coefficient (Wildman–Crippen LogP) is 4.29. The number of halogens is 1. The molecule has 2 N–H and O–H groups in total. The molecule has 2 aromatic heterocycles. The van der Waals surface area contributed by atoms with Crippen molar-refractivity contribution >= 4 is 34.2 Å². The maximum atomic E-state index is 11.9. The molecule has 0 fully saturated rings. The van der Waals surface area contributed by atoms with Crippen LogP contribution in [0, 0.1) is 0 Å². The monoisotopic (exact) mass is 497 g/mol. The number of nitrogens with zero attached hydrogens (tertiary/aromatic N) is 5. The van der Waals surface area contributed by atoms with Gasteiger partial charge in [0.1, 0.15) is 18.7 Å². The van der Waals surface area contributed by atoms with Gasteiger partial charge in [0.05, 0.1) is 41.5 Å². The summed E-state index contributed by atoms with van der Waals surface area (Å²) in [5.74, 6) is 1.80. The van der Waals surface area contributed by atoms with Gasteiger partial charge in [-0.3, -0.25) is 0 Å². The fourth-order valence-corrected chi connectivity index (χ4v) is 3.39. The molecule has 2 amide bonds. The largest absolute Gasteiger partial charge is 0.493 e. The molecule has 0 spiro atoms. The number of aromatic nitrogens is 5. The molecule has 0 bridgehead atoms. The molecule has 0 radical (unpaired) electrons. The summed E-state index contributed by atoms with van der Waals surface area (Å²) in [5, 5.41) is 14.1. The molecule has 0 aliphatic rings. The number of methoxy groups -OCH3 is 1. The highest BCUT2D eigenvalue weighted by atomic mass is 35.5. The van der Waals surface area contributed by atoms with E-state index >= 15 is 0 Å². The average Bonchev–Trinajstić information content (AvgIpc) is 3.38. The molecule has 2 heterocycles. The van der Waals surface area contributed by atoms with Crippen molar-refractivity contribution in [2.75, 3.05) is 25.6 Å². The van der Waals surface area contributed by atoms with Gasteiger partial charge >= 0.3 is 6.03 Å². The molecule has 35 heavy (non-hydrogen) atoms. The lowest BCUT2D eigenvalue weighted by Gasteiger charge is -2.14. The van der Waals surface area contributed by atoms with E-state index in [1.165, 1.54) is 6.33 Å². The Hall–Kier alpha value is -4.12. The van der Waals surface area contributed by atoms with Crippen LogP contribution in [-0.4, -0.2) is 51.3 Å². The first-order valence-corrected chi connectivity index (χ1v) is 11.3. The Labute approximate surface area is 206 Å². The molecule has 0 saturated heterocycles. The first-order valence-electron chi connectivity index (χ1n) is 10.9. The fraction of sp³-hybridized carbons (Fsp3) is 0.261. The first-order chi connectivity index (χ1) is 17.1. The highest BCUT2D eigenvalue weighted by Crippen LogP contribution is 2.37. The Morgan fingerprint density at radius 2 is 2.06 bits per heavy atom. The molecule has 12 heteroatoms. The van der Waals surface area contributed by atoms with Crippen LogP contribution in [0.5, 0.6) is 23.1 Å². The zero-order valence-corrected chi connectivity index (χ0v) is 20.0. The van der Waals surface area contributed by atoms with Gasteiger partial charge in [-0.25, -0.2) is 19.4 Å². The molecule has 11 nitrogen and oxygen atoms in total. The number of ether oxygens (including phenoxy) is 3. The summed E-state index contributed by atoms with van der Waals surface area (Å²) in [6.07, 6.45) is 5.60. The second-order valence-corrected chi connectivity index (χ2v) is 7.75. The third-order valence-electron chi connectivity index (χ3n) is 4.87. The number of anilines is 1. The zero-order chi connectivity index (χ0) is 24.6. The Bertz CT molecular complexity index is 1300. The Morgan fingerprint density at radius 3 is 2.80 bits per heavy atom. The number of carbonyl (C=O) groups is 1. The highest BCUT2D eigenvalue weighted by Gasteiger charge is 2.14. The maximum absolute atomic E-state index is 11.9. The lowest BCUT2D eigenvalue weighted by Crippen LogP contribution is -2.29. The van der Waals surface area contributed by atoms with E-state index in [0.717, 1.165) is 6.42 Å². The van der Waals surface area contributed by atoms with Gasteiger partial charge in [0.25, 0.3) is 0 Å². The van der Waals surface area contributed by atoms with Crippen molar-refractivity contribution in [3.8, 4) is 23.1 Å². The number of hydrogen-bond donors (Lipinski definition) is 2. The average molecular weight is 498 g/mol. The van der Waals surface area contributed by atoms with Crippen molar-refractivity contribution in [2.24, 2.45) is 0 Å². The summed E-state index contributed by atoms with van der Waals surface area (Å²) in [6, 6.07) is 8.14. The van der Waals surface area contributed by atoms with Crippen molar-refractivity contribution < 1.29 is 19.0 Å². The van der Waals surface area contributed by atoms with E-state index in [9.17, 15) is 4.79 Å². The lowest BCUT2D eigenvalue weighted by molar-refractivity contribution is 0.252. The molecule has 2 aromatic carbocycles. The molecule has 0 saturated carbocycles. The number of hydrogen-bond acceptors (Lipinski definition) is 8. The Morgan fingerprint density at radius 1 is 1.17 bits per heavy atom. The van der Waals surface area contributed by atoms with Gasteiger partial charge in [-0.05, 0) is 24.6 Å². The number of fused-ring (bicyclic) bond motifs is 1. The van der Waals surface area contributed by atoms with E-state index in [1.54, 1.807) is 54.5 Å². The summed E-state index contributed by atoms with van der Waals surface area (Å²) in [7, 11) is 1.55. The minimum Gasteiger partial charge on any atom is -0.493 e. The van der Waals surface area contributed by atoms with E-state index in [2.05, 4.69) is 30.9 Å². The number of amides is 2. The standard InChI is InChI=1S/C23H24ClN7O4/c1-3-6-25-23(32)29-18-5-4-15(11-17(18)24)35-22-16-12-20(33-2)21(13-19(16)26-14-27-22)34-10-9-31-8-7-28-30-31/h4-5,7-8,11-14H,3,6,9-10H2,1-2H3,(H2,25,29,32). The number of benzene rings is 2. The summed E-state index contributed by atoms with van der Waals surface area (Å²) in [6.45, 7) is 3.45. The minimum absolute atomic E-state index is 0.319. The Balaban J connectivity index is 1.51. The third kappa shape index (κ3) is 6.07. The van der Waals surface area contributed by atoms with Crippen molar-refractivity contribution in [1.29, 1.82) is 0 Å². The van der Waals surface area contributed by atoms with Gasteiger partial charge in [0.2, 0.25) is 5.88 Å². The number of urea groups is 1. The molecule has 0 unspecified atom stereocenters. The second kappa shape index (κ2) is 11.3. The van der Waals surface area contributed by atoms with Crippen molar-refractivity contribution in [2.45, 2.75) is 19.9 Å². The summed E-state index contributed by atoms with van der Waals surface area (Å²) in [5.41, 5.74) is 1.08. The smallest absolute Gasteiger partial charge is 0.319 e. The lowest BCUT2D eigenvalue weighted by atomic mass is 10.2. The topological polar surface area (TPSA) is 125 Å². The van der Waals surface area contributed by atoms with Crippen LogP contribution in [0.3, 0.4) is 0 Å². The van der Waals surface area contributed by atoms with Gasteiger partial charge in [-0.2, -0.15) is 0 Å². The van der Waals surface area contributed by atoms with E-state index in [4.69, 9.17) is 25.8 Å². The van der Waals surface area contributed by atoms with Gasteiger partial charge < -0.3 is 24.8 Å². The fourth-order valence-electron chi connectivity index (χ4n) is 3.17. The molecule has 0 atom stereocenters. The first kappa shape index (κ1) is 24.0. The van der Waals surface area contributed by atoms with E-state index in [0.29, 0.717) is 64.4 Å². The van der Waals surface area contributed by atoms with E-state index in [1.807, 2.05) is 6.92 Å². The van der Waals surface area contributed by atoms with E-state index in [-0.39, 0.29) is 6.03 Å². The van der Waals surface area contributed by atoms with Crippen LogP contribution in [0.15, 0.2) is 49.1 Å². The van der Waals surface area contributed by atoms with Crippen molar-refractivity contribution in [3.05, 3.63) is 54.1 Å². The summed E-state index contributed by atoms with van der Waals surface area (Å²) in [4.78, 5) is 20.5. The number of rotatable bonds is 10. The molecular weight excluding hydrogens is 474 g/mol. The quantitative estimate of drug-likeness (QED) is 0.332. The number of nitrogens with one attached hydrogen (secondary N) is 2. The zero-order valence-electron chi connectivity index (χ0n) is 19.2. The summed E-state index contributed by atoms with van der Waals surface area (Å²) >= 11 is 6.34. The molecule has 4 rings (SSSR count). The third-order valence-corrected chi connectivity index (χ3v) is 5.19. The van der Waals surface area contributed by atoms with Gasteiger partial charge in [-0.1, -0.05) is 23.7 Å². The molecule has 0 aliphatic carbocycles. The van der Waals surface area contributed by atoms with Gasteiger partial charge in [-0.15, -0.1) is 5.10 Å². The van der Waals surface area contributed by atoms with Crippen LogP contribution in [0.4, 0.5) is 10.5 Å². The van der Waals surface area contributed by atoms with Gasteiger partial charge in [0.15, 0.2) is 11.5 Å². The normalized spacial score (nSPS) is 10.7. The molecular formula is C23H24ClN7O4. The van der Waals surface area contributed by atoms with E-state index < -0.39 is 0 Å². The molecule has 4 aromatic rings. The maximum Gasteiger partial charge on any atom is 0.319 e. The van der Waals surface area contributed by atoms with Crippen LogP contribution in [0.1, 0.15) is 13.3 Å². The van der Waals surface area contributed by atoms with Crippen LogP contribution in [0.2, 0.25) is 5.02 Å². The predicted molar refractivity (Wildman–Crippen MR) is 130 cm³/mol.